The molecule has 0 aliphatic heterocycles. The van der Waals surface area contributed by atoms with E-state index >= 15 is 0 Å². The average molecular weight is 186 g/mol. The van der Waals surface area contributed by atoms with Crippen molar-refractivity contribution in [1.82, 2.24) is 0 Å². The van der Waals surface area contributed by atoms with E-state index in [1.165, 1.54) is 0 Å². The molecule has 0 saturated heterocycles. The molecular weight excluding hydrogens is 164 g/mol. The van der Waals surface area contributed by atoms with E-state index in [0.717, 1.165) is 32.5 Å². The molecule has 0 N–H and O–H groups in total. The van der Waals surface area contributed by atoms with E-state index in [4.69, 9.17) is 4.74 Å². The molecule has 0 aromatic rings. The Kier molecular flexibility index (Phi) is 8.00. The van der Waals surface area contributed by atoms with Gasteiger partial charge in [-0.15, -0.1) is 0 Å². The summed E-state index contributed by atoms with van der Waals surface area (Å²) in [5.41, 5.74) is 0. The quantitative estimate of drug-likeness (QED) is 0.545. The Morgan fingerprint density at radius 3 is 2.54 bits per heavy atom. The number of ether oxygens (including phenoxy) is 1. The zero-order valence-electron chi connectivity index (χ0n) is 9.14. The summed E-state index contributed by atoms with van der Waals surface area (Å²) in [6.45, 7) is 7.74. The second kappa shape index (κ2) is 8.24. The largest absolute Gasteiger partial charge is 0.382 e. The summed E-state index contributed by atoms with van der Waals surface area (Å²) >= 11 is 0. The number of ketones is 1. The molecular formula is C11H22O2. The molecule has 0 aromatic heterocycles. The number of hydrogen-bond acceptors (Lipinski definition) is 2. The molecule has 0 radical (unpaired) electrons. The topological polar surface area (TPSA) is 26.3 Å². The van der Waals surface area contributed by atoms with Crippen molar-refractivity contribution in [3.8, 4) is 0 Å². The van der Waals surface area contributed by atoms with Crippen molar-refractivity contribution in [1.29, 1.82) is 0 Å². The van der Waals surface area contributed by atoms with Crippen LogP contribution in [-0.2, 0) is 9.53 Å². The van der Waals surface area contributed by atoms with Gasteiger partial charge in [0.05, 0.1) is 0 Å². The fourth-order valence-electron chi connectivity index (χ4n) is 1.09. The molecule has 78 valence electrons. The average Bonchev–Trinajstić information content (AvgIpc) is 2.09. The third kappa shape index (κ3) is 9.54. The number of Topliss-reactive ketones (excluding diaryl/α,β-unsaturated/α-hetero) is 1. The minimum absolute atomic E-state index is 0.383. The SMILES string of the molecule is CCOCCCC(=O)CCC(C)C. The first kappa shape index (κ1) is 12.6. The molecule has 0 amide bonds. The van der Waals surface area contributed by atoms with E-state index in [9.17, 15) is 4.79 Å². The van der Waals surface area contributed by atoms with Crippen molar-refractivity contribution in [3.63, 3.8) is 0 Å². The van der Waals surface area contributed by atoms with Crippen molar-refractivity contribution in [2.24, 2.45) is 5.92 Å². The molecule has 0 fully saturated rings. The molecule has 0 saturated carbocycles. The van der Waals surface area contributed by atoms with Crippen molar-refractivity contribution < 1.29 is 9.53 Å². The number of carbonyl (C=O) groups excluding carboxylic acids is 1. The number of rotatable bonds is 8. The number of carbonyl (C=O) groups is 1. The molecule has 0 rings (SSSR count). The van der Waals surface area contributed by atoms with Crippen LogP contribution < -0.4 is 0 Å². The summed E-state index contributed by atoms with van der Waals surface area (Å²) in [7, 11) is 0. The van der Waals surface area contributed by atoms with Gasteiger partial charge in [-0.25, -0.2) is 0 Å². The molecule has 0 aliphatic rings. The van der Waals surface area contributed by atoms with Crippen LogP contribution in [0, 0.1) is 5.92 Å². The lowest BCUT2D eigenvalue weighted by molar-refractivity contribution is -0.119. The normalized spacial score (nSPS) is 10.8. The van der Waals surface area contributed by atoms with Crippen LogP contribution in [0.15, 0.2) is 0 Å². The highest BCUT2D eigenvalue weighted by molar-refractivity contribution is 5.78. The van der Waals surface area contributed by atoms with Gasteiger partial charge in [0.1, 0.15) is 5.78 Å². The maximum atomic E-state index is 11.3. The van der Waals surface area contributed by atoms with E-state index in [0.29, 0.717) is 18.1 Å². The van der Waals surface area contributed by atoms with Gasteiger partial charge in [-0.2, -0.15) is 0 Å². The predicted octanol–water partition coefficient (Wildman–Crippen LogP) is 2.81. The Hall–Kier alpha value is -0.370. The highest BCUT2D eigenvalue weighted by Gasteiger charge is 2.02. The predicted molar refractivity (Wildman–Crippen MR) is 54.8 cm³/mol. The number of hydrogen-bond donors (Lipinski definition) is 0. The Balaban J connectivity index is 3.20. The van der Waals surface area contributed by atoms with Gasteiger partial charge < -0.3 is 4.74 Å². The summed E-state index contributed by atoms with van der Waals surface area (Å²) in [6, 6.07) is 0. The summed E-state index contributed by atoms with van der Waals surface area (Å²) in [5, 5.41) is 0. The van der Waals surface area contributed by atoms with Crippen molar-refractivity contribution in [2.45, 2.75) is 46.5 Å². The maximum Gasteiger partial charge on any atom is 0.133 e. The second-order valence-corrected chi connectivity index (χ2v) is 3.77. The van der Waals surface area contributed by atoms with Crippen LogP contribution in [0.1, 0.15) is 46.5 Å². The van der Waals surface area contributed by atoms with Gasteiger partial charge in [0, 0.05) is 26.1 Å². The van der Waals surface area contributed by atoms with Crippen LogP contribution in [0.3, 0.4) is 0 Å². The zero-order valence-corrected chi connectivity index (χ0v) is 9.14. The van der Waals surface area contributed by atoms with Gasteiger partial charge in [0.2, 0.25) is 0 Å². The van der Waals surface area contributed by atoms with Gasteiger partial charge in [-0.05, 0) is 25.7 Å². The van der Waals surface area contributed by atoms with Crippen molar-refractivity contribution >= 4 is 5.78 Å². The van der Waals surface area contributed by atoms with E-state index in [1.807, 2.05) is 6.92 Å². The van der Waals surface area contributed by atoms with E-state index in [1.54, 1.807) is 0 Å². The highest BCUT2D eigenvalue weighted by atomic mass is 16.5. The molecule has 2 nitrogen and oxygen atoms in total. The third-order valence-electron chi connectivity index (χ3n) is 1.95. The van der Waals surface area contributed by atoms with E-state index in [-0.39, 0.29) is 0 Å². The monoisotopic (exact) mass is 186 g/mol. The smallest absolute Gasteiger partial charge is 0.133 e. The van der Waals surface area contributed by atoms with E-state index < -0.39 is 0 Å². The van der Waals surface area contributed by atoms with Crippen LogP contribution >= 0.6 is 0 Å². The van der Waals surface area contributed by atoms with E-state index in [2.05, 4.69) is 13.8 Å². The van der Waals surface area contributed by atoms with Gasteiger partial charge in [-0.3, -0.25) is 4.79 Å². The Morgan fingerprint density at radius 1 is 1.31 bits per heavy atom. The minimum atomic E-state index is 0.383. The summed E-state index contributed by atoms with van der Waals surface area (Å²) in [5.74, 6) is 1.02. The lowest BCUT2D eigenvalue weighted by Gasteiger charge is -2.03. The van der Waals surface area contributed by atoms with Crippen molar-refractivity contribution in [3.05, 3.63) is 0 Å². The lowest BCUT2D eigenvalue weighted by atomic mass is 10.0. The minimum Gasteiger partial charge on any atom is -0.382 e. The Labute approximate surface area is 81.7 Å². The van der Waals surface area contributed by atoms with Crippen LogP contribution in [0.4, 0.5) is 0 Å². The van der Waals surface area contributed by atoms with Crippen LogP contribution in [0.25, 0.3) is 0 Å². The highest BCUT2D eigenvalue weighted by Crippen LogP contribution is 2.06. The third-order valence-corrected chi connectivity index (χ3v) is 1.95. The van der Waals surface area contributed by atoms with Crippen molar-refractivity contribution in [2.75, 3.05) is 13.2 Å². The lowest BCUT2D eigenvalue weighted by Crippen LogP contribution is -2.03. The van der Waals surface area contributed by atoms with Crippen LogP contribution in [-0.4, -0.2) is 19.0 Å². The standard InChI is InChI=1S/C11H22O2/c1-4-13-9-5-6-11(12)8-7-10(2)3/h10H,4-9H2,1-3H3. The molecule has 0 aromatic carbocycles. The molecule has 0 bridgehead atoms. The first-order chi connectivity index (χ1) is 6.16. The summed E-state index contributed by atoms with van der Waals surface area (Å²) in [6.07, 6.45) is 3.33. The van der Waals surface area contributed by atoms with Gasteiger partial charge in [0.25, 0.3) is 0 Å². The fourth-order valence-corrected chi connectivity index (χ4v) is 1.09. The molecule has 0 atom stereocenters. The molecule has 0 spiro atoms. The van der Waals surface area contributed by atoms with Gasteiger partial charge in [0.15, 0.2) is 0 Å². The fraction of sp³-hybridized carbons (Fsp3) is 0.909. The molecule has 0 unspecified atom stereocenters. The second-order valence-electron chi connectivity index (χ2n) is 3.77. The summed E-state index contributed by atoms with van der Waals surface area (Å²) in [4.78, 5) is 11.3. The Morgan fingerprint density at radius 2 is 2.00 bits per heavy atom. The maximum absolute atomic E-state index is 11.3. The van der Waals surface area contributed by atoms with Crippen LogP contribution in [0.2, 0.25) is 0 Å². The van der Waals surface area contributed by atoms with Gasteiger partial charge in [-0.1, -0.05) is 13.8 Å². The zero-order chi connectivity index (χ0) is 10.1. The van der Waals surface area contributed by atoms with Crippen LogP contribution in [0.5, 0.6) is 0 Å². The molecule has 2 heteroatoms. The Bertz CT molecular complexity index is 130. The molecule has 13 heavy (non-hydrogen) atoms. The first-order valence-corrected chi connectivity index (χ1v) is 5.26. The summed E-state index contributed by atoms with van der Waals surface area (Å²) < 4.78 is 5.16. The molecule has 0 heterocycles. The molecule has 0 aliphatic carbocycles. The first-order valence-electron chi connectivity index (χ1n) is 5.26. The van der Waals surface area contributed by atoms with Gasteiger partial charge >= 0.3 is 0 Å².